The number of hydrogen-bond donors (Lipinski definition) is 3. The largest absolute Gasteiger partial charge is 0.378 e. The topological polar surface area (TPSA) is 79.5 Å². The highest BCUT2D eigenvalue weighted by atomic mass is 35.5. The van der Waals surface area contributed by atoms with Crippen LogP contribution in [0.5, 0.6) is 0 Å². The zero-order chi connectivity index (χ0) is 14.4. The van der Waals surface area contributed by atoms with Crippen LogP contribution in [0, 0.1) is 0 Å². The first-order chi connectivity index (χ1) is 9.66. The molecular formula is C14H20ClN3O3. The fourth-order valence-corrected chi connectivity index (χ4v) is 1.89. The van der Waals surface area contributed by atoms with E-state index in [4.69, 9.17) is 4.74 Å². The highest BCUT2D eigenvalue weighted by molar-refractivity contribution is 5.97. The number of para-hydroxylation sites is 1. The van der Waals surface area contributed by atoms with Crippen molar-refractivity contribution in [2.24, 2.45) is 0 Å². The van der Waals surface area contributed by atoms with Crippen LogP contribution in [-0.2, 0) is 14.3 Å². The first kappa shape index (κ1) is 17.4. The van der Waals surface area contributed by atoms with Gasteiger partial charge in [0, 0.05) is 12.2 Å². The summed E-state index contributed by atoms with van der Waals surface area (Å²) in [6, 6.07) is 8.13. The van der Waals surface area contributed by atoms with E-state index >= 15 is 0 Å². The summed E-state index contributed by atoms with van der Waals surface area (Å²) >= 11 is 0. The van der Waals surface area contributed by atoms with Gasteiger partial charge in [-0.25, -0.2) is 0 Å². The Labute approximate surface area is 130 Å². The van der Waals surface area contributed by atoms with E-state index < -0.39 is 12.1 Å². The lowest BCUT2D eigenvalue weighted by Gasteiger charge is -2.24. The Morgan fingerprint density at radius 2 is 2.05 bits per heavy atom. The minimum Gasteiger partial charge on any atom is -0.378 e. The quantitative estimate of drug-likeness (QED) is 0.758. The Hall–Kier alpha value is -1.63. The average Bonchev–Trinajstić information content (AvgIpc) is 2.49. The molecule has 2 rings (SSSR count). The highest BCUT2D eigenvalue weighted by Gasteiger charge is 2.24. The van der Waals surface area contributed by atoms with E-state index in [0.29, 0.717) is 25.4 Å². The molecule has 6 nitrogen and oxygen atoms in total. The van der Waals surface area contributed by atoms with Crippen LogP contribution in [0.4, 0.5) is 5.69 Å². The Morgan fingerprint density at radius 3 is 2.67 bits per heavy atom. The normalized spacial score (nSPS) is 19.0. The van der Waals surface area contributed by atoms with Gasteiger partial charge in [-0.3, -0.25) is 9.59 Å². The van der Waals surface area contributed by atoms with Crippen molar-refractivity contribution >= 4 is 29.9 Å². The smallest absolute Gasteiger partial charge is 0.246 e. The summed E-state index contributed by atoms with van der Waals surface area (Å²) < 4.78 is 5.22. The number of nitrogens with one attached hydrogen (secondary N) is 3. The average molecular weight is 314 g/mol. The Morgan fingerprint density at radius 1 is 1.33 bits per heavy atom. The van der Waals surface area contributed by atoms with Gasteiger partial charge in [-0.05, 0) is 19.1 Å². The molecular weight excluding hydrogens is 294 g/mol. The number of carbonyl (C=O) groups excluding carboxylic acids is 2. The zero-order valence-electron chi connectivity index (χ0n) is 11.8. The van der Waals surface area contributed by atoms with Crippen LogP contribution in [-0.4, -0.2) is 43.7 Å². The summed E-state index contributed by atoms with van der Waals surface area (Å²) in [6.45, 7) is 3.23. The Bertz CT molecular complexity index is 464. The lowest BCUT2D eigenvalue weighted by molar-refractivity contribution is -0.129. The van der Waals surface area contributed by atoms with Crippen molar-refractivity contribution in [3.05, 3.63) is 30.3 Å². The van der Waals surface area contributed by atoms with Crippen molar-refractivity contribution in [1.82, 2.24) is 10.6 Å². The second kappa shape index (κ2) is 8.61. The molecule has 21 heavy (non-hydrogen) atoms. The van der Waals surface area contributed by atoms with Gasteiger partial charge in [-0.2, -0.15) is 0 Å². The van der Waals surface area contributed by atoms with Gasteiger partial charge in [0.1, 0.15) is 12.1 Å². The third-order valence-electron chi connectivity index (χ3n) is 3.03. The van der Waals surface area contributed by atoms with Crippen LogP contribution in [0.25, 0.3) is 0 Å². The van der Waals surface area contributed by atoms with Gasteiger partial charge >= 0.3 is 0 Å². The molecule has 2 atom stereocenters. The van der Waals surface area contributed by atoms with Crippen LogP contribution in [0.2, 0.25) is 0 Å². The van der Waals surface area contributed by atoms with Gasteiger partial charge in [0.05, 0.1) is 13.2 Å². The van der Waals surface area contributed by atoms with E-state index in [1.807, 2.05) is 18.2 Å². The maximum Gasteiger partial charge on any atom is 0.246 e. The molecule has 1 fully saturated rings. The number of amides is 2. The van der Waals surface area contributed by atoms with Gasteiger partial charge in [0.15, 0.2) is 0 Å². The van der Waals surface area contributed by atoms with E-state index in [-0.39, 0.29) is 24.2 Å². The Kier molecular flexibility index (Phi) is 7.14. The van der Waals surface area contributed by atoms with Crippen molar-refractivity contribution < 1.29 is 14.3 Å². The van der Waals surface area contributed by atoms with Gasteiger partial charge in [0.25, 0.3) is 0 Å². The minimum absolute atomic E-state index is 0. The molecule has 2 amide bonds. The molecule has 2 unspecified atom stereocenters. The highest BCUT2D eigenvalue weighted by Crippen LogP contribution is 2.05. The maximum atomic E-state index is 12.0. The molecule has 1 heterocycles. The molecule has 1 aromatic carbocycles. The molecule has 0 aromatic heterocycles. The van der Waals surface area contributed by atoms with Crippen LogP contribution < -0.4 is 16.0 Å². The molecule has 1 saturated heterocycles. The molecule has 3 N–H and O–H groups in total. The zero-order valence-corrected chi connectivity index (χ0v) is 12.6. The summed E-state index contributed by atoms with van der Waals surface area (Å²) in [5, 5.41) is 8.46. The van der Waals surface area contributed by atoms with Crippen LogP contribution in [0.3, 0.4) is 0 Å². The maximum absolute atomic E-state index is 12.0. The number of halogens is 1. The molecule has 1 aromatic rings. The monoisotopic (exact) mass is 313 g/mol. The summed E-state index contributed by atoms with van der Waals surface area (Å²) in [5.41, 5.74) is 0.706. The van der Waals surface area contributed by atoms with Crippen molar-refractivity contribution in [2.75, 3.05) is 25.1 Å². The minimum atomic E-state index is -0.605. The van der Waals surface area contributed by atoms with Crippen molar-refractivity contribution in [1.29, 1.82) is 0 Å². The molecule has 0 saturated carbocycles. The Balaban J connectivity index is 0.00000220. The first-order valence-electron chi connectivity index (χ1n) is 6.64. The second-order valence-corrected chi connectivity index (χ2v) is 4.67. The second-order valence-electron chi connectivity index (χ2n) is 4.67. The van der Waals surface area contributed by atoms with Gasteiger partial charge in [-0.1, -0.05) is 18.2 Å². The summed E-state index contributed by atoms with van der Waals surface area (Å²) in [7, 11) is 0. The van der Waals surface area contributed by atoms with Crippen LogP contribution in [0.15, 0.2) is 30.3 Å². The standard InChI is InChI=1S/C14H19N3O3.ClH/c1-10(13(18)17-11-5-3-2-4-6-11)16-14(19)12-9-20-8-7-15-12;/h2-6,10,12,15H,7-9H2,1H3,(H,16,19)(H,17,18);1H. The van der Waals surface area contributed by atoms with Crippen LogP contribution in [0.1, 0.15) is 6.92 Å². The van der Waals surface area contributed by atoms with Crippen molar-refractivity contribution in [3.63, 3.8) is 0 Å². The van der Waals surface area contributed by atoms with Crippen LogP contribution >= 0.6 is 12.4 Å². The molecule has 0 aliphatic carbocycles. The predicted octanol–water partition coefficient (Wildman–Crippen LogP) is 0.540. The number of benzene rings is 1. The predicted molar refractivity (Wildman–Crippen MR) is 82.5 cm³/mol. The third kappa shape index (κ3) is 5.34. The molecule has 0 spiro atoms. The fourth-order valence-electron chi connectivity index (χ4n) is 1.89. The summed E-state index contributed by atoms with van der Waals surface area (Å²) in [5.74, 6) is -0.471. The molecule has 1 aliphatic heterocycles. The summed E-state index contributed by atoms with van der Waals surface area (Å²) in [6.07, 6.45) is 0. The number of rotatable bonds is 4. The van der Waals surface area contributed by atoms with E-state index in [1.54, 1.807) is 19.1 Å². The fraction of sp³-hybridized carbons (Fsp3) is 0.429. The number of anilines is 1. The SMILES string of the molecule is CC(NC(=O)C1COCCN1)C(=O)Nc1ccccc1.Cl. The molecule has 7 heteroatoms. The van der Waals surface area contributed by atoms with Gasteiger partial charge in [-0.15, -0.1) is 12.4 Å². The van der Waals surface area contributed by atoms with E-state index in [0.717, 1.165) is 0 Å². The lowest BCUT2D eigenvalue weighted by Crippen LogP contribution is -2.54. The van der Waals surface area contributed by atoms with Crippen molar-refractivity contribution in [2.45, 2.75) is 19.0 Å². The third-order valence-corrected chi connectivity index (χ3v) is 3.03. The molecule has 0 bridgehead atoms. The number of hydrogen-bond acceptors (Lipinski definition) is 4. The summed E-state index contributed by atoms with van der Waals surface area (Å²) in [4.78, 5) is 23.9. The van der Waals surface area contributed by atoms with Gasteiger partial charge in [0.2, 0.25) is 11.8 Å². The first-order valence-corrected chi connectivity index (χ1v) is 6.64. The van der Waals surface area contributed by atoms with E-state index in [2.05, 4.69) is 16.0 Å². The number of carbonyl (C=O) groups is 2. The lowest BCUT2D eigenvalue weighted by atomic mass is 10.2. The molecule has 1 aliphatic rings. The number of ether oxygens (including phenoxy) is 1. The van der Waals surface area contributed by atoms with Gasteiger partial charge < -0.3 is 20.7 Å². The van der Waals surface area contributed by atoms with E-state index in [1.165, 1.54) is 0 Å². The molecule has 0 radical (unpaired) electrons. The molecule has 116 valence electrons. The van der Waals surface area contributed by atoms with E-state index in [9.17, 15) is 9.59 Å². The van der Waals surface area contributed by atoms with Crippen molar-refractivity contribution in [3.8, 4) is 0 Å². The number of morpholine rings is 1.